The molecule has 2 aliphatic rings. The Labute approximate surface area is 186 Å². The topological polar surface area (TPSA) is 125 Å². The van der Waals surface area contributed by atoms with E-state index >= 15 is 0 Å². The molecule has 2 atom stereocenters. The molecule has 9 nitrogen and oxygen atoms in total. The standard InChI is InChI=1S/C23H28N4O5/c1-14(24-23(30)31)22(29)27-11-9-17(10-12-27)20(16-5-3-2-4-6-16)25-21(28)18-13-19(32-26-18)15-7-8-15/h2-6,13-15,17,20,24H,7-12H2,1H3,(H,25,28)(H,30,31)/t14-,20?/m0/s1. The number of benzene rings is 1. The molecule has 9 heteroatoms. The highest BCUT2D eigenvalue weighted by Gasteiger charge is 2.33. The Bertz CT molecular complexity index is 964. The lowest BCUT2D eigenvalue weighted by atomic mass is 9.85. The van der Waals surface area contributed by atoms with Crippen molar-refractivity contribution in [1.82, 2.24) is 20.7 Å². The number of piperidine rings is 1. The Kier molecular flexibility index (Phi) is 6.43. The molecule has 2 heterocycles. The maximum atomic E-state index is 12.9. The second-order valence-corrected chi connectivity index (χ2v) is 8.58. The van der Waals surface area contributed by atoms with E-state index in [0.717, 1.165) is 24.2 Å². The molecule has 1 aliphatic heterocycles. The van der Waals surface area contributed by atoms with Gasteiger partial charge in [0, 0.05) is 25.1 Å². The largest absolute Gasteiger partial charge is 0.465 e. The number of carbonyl (C=O) groups excluding carboxylic acids is 2. The molecular formula is C23H28N4O5. The third-order valence-electron chi connectivity index (χ3n) is 6.22. The monoisotopic (exact) mass is 440 g/mol. The average molecular weight is 441 g/mol. The minimum absolute atomic E-state index is 0.128. The number of hydrogen-bond donors (Lipinski definition) is 3. The SMILES string of the molecule is C[C@H](NC(=O)O)C(=O)N1CCC(C(NC(=O)c2cc(C3CC3)on2)c2ccccc2)CC1. The Morgan fingerprint density at radius 1 is 1.09 bits per heavy atom. The van der Waals surface area contributed by atoms with Crippen LogP contribution in [0.25, 0.3) is 0 Å². The van der Waals surface area contributed by atoms with E-state index in [1.807, 2.05) is 30.3 Å². The molecule has 1 aromatic heterocycles. The number of likely N-dealkylation sites (tertiary alicyclic amines) is 1. The van der Waals surface area contributed by atoms with Crippen molar-refractivity contribution < 1.29 is 24.0 Å². The molecule has 0 radical (unpaired) electrons. The zero-order valence-electron chi connectivity index (χ0n) is 18.0. The molecule has 0 spiro atoms. The number of carboxylic acid groups (broad SMARTS) is 1. The molecule has 170 valence electrons. The van der Waals surface area contributed by atoms with Crippen LogP contribution in [-0.4, -0.2) is 52.2 Å². The van der Waals surface area contributed by atoms with E-state index in [1.165, 1.54) is 0 Å². The molecule has 3 amide bonds. The van der Waals surface area contributed by atoms with E-state index in [2.05, 4.69) is 15.8 Å². The molecule has 2 fully saturated rings. The number of hydrogen-bond acceptors (Lipinski definition) is 5. The lowest BCUT2D eigenvalue weighted by Crippen LogP contribution is -2.50. The Morgan fingerprint density at radius 2 is 1.78 bits per heavy atom. The van der Waals surface area contributed by atoms with Crippen molar-refractivity contribution in [3.63, 3.8) is 0 Å². The molecular weight excluding hydrogens is 412 g/mol. The number of nitrogens with zero attached hydrogens (tertiary/aromatic N) is 2. The van der Waals surface area contributed by atoms with Gasteiger partial charge in [-0.15, -0.1) is 0 Å². The number of carbonyl (C=O) groups is 3. The fourth-order valence-corrected chi connectivity index (χ4v) is 4.28. The van der Waals surface area contributed by atoms with E-state index in [-0.39, 0.29) is 29.5 Å². The number of amides is 3. The minimum Gasteiger partial charge on any atom is -0.465 e. The minimum atomic E-state index is -1.22. The molecule has 1 unspecified atom stereocenters. The van der Waals surface area contributed by atoms with Crippen LogP contribution in [0, 0.1) is 5.92 Å². The summed E-state index contributed by atoms with van der Waals surface area (Å²) >= 11 is 0. The first kappa shape index (κ1) is 21.9. The lowest BCUT2D eigenvalue weighted by molar-refractivity contribution is -0.134. The van der Waals surface area contributed by atoms with Gasteiger partial charge in [-0.2, -0.15) is 0 Å². The van der Waals surface area contributed by atoms with Crippen LogP contribution in [-0.2, 0) is 4.79 Å². The van der Waals surface area contributed by atoms with Crippen molar-refractivity contribution in [3.05, 3.63) is 53.4 Å². The van der Waals surface area contributed by atoms with Gasteiger partial charge < -0.3 is 25.2 Å². The van der Waals surface area contributed by atoms with Crippen LogP contribution in [0.4, 0.5) is 4.79 Å². The van der Waals surface area contributed by atoms with Crippen molar-refractivity contribution in [1.29, 1.82) is 0 Å². The van der Waals surface area contributed by atoms with Crippen molar-refractivity contribution in [3.8, 4) is 0 Å². The zero-order chi connectivity index (χ0) is 22.7. The Hall–Kier alpha value is -3.36. The zero-order valence-corrected chi connectivity index (χ0v) is 18.0. The molecule has 3 N–H and O–H groups in total. The molecule has 1 aliphatic carbocycles. The summed E-state index contributed by atoms with van der Waals surface area (Å²) in [5, 5.41) is 18.1. The molecule has 1 saturated carbocycles. The maximum Gasteiger partial charge on any atom is 0.405 e. The second-order valence-electron chi connectivity index (χ2n) is 8.58. The second kappa shape index (κ2) is 9.42. The third kappa shape index (κ3) is 5.09. The van der Waals surface area contributed by atoms with Crippen LogP contribution >= 0.6 is 0 Å². The van der Waals surface area contributed by atoms with Gasteiger partial charge in [-0.25, -0.2) is 4.79 Å². The van der Waals surface area contributed by atoms with E-state index < -0.39 is 12.1 Å². The van der Waals surface area contributed by atoms with Crippen molar-refractivity contribution in [2.24, 2.45) is 5.92 Å². The van der Waals surface area contributed by atoms with Crippen LogP contribution in [0.1, 0.15) is 66.4 Å². The fourth-order valence-electron chi connectivity index (χ4n) is 4.28. The van der Waals surface area contributed by atoms with Gasteiger partial charge in [0.15, 0.2) is 5.69 Å². The average Bonchev–Trinajstić information content (AvgIpc) is 3.53. The molecule has 4 rings (SSSR count). The van der Waals surface area contributed by atoms with Crippen LogP contribution in [0.3, 0.4) is 0 Å². The molecule has 0 bridgehead atoms. The fraction of sp³-hybridized carbons (Fsp3) is 0.478. The highest BCUT2D eigenvalue weighted by molar-refractivity contribution is 5.92. The third-order valence-corrected chi connectivity index (χ3v) is 6.22. The summed E-state index contributed by atoms with van der Waals surface area (Å²) in [6, 6.07) is 10.5. The molecule has 1 aromatic carbocycles. The smallest absolute Gasteiger partial charge is 0.405 e. The van der Waals surface area contributed by atoms with E-state index in [9.17, 15) is 14.4 Å². The van der Waals surface area contributed by atoms with Crippen molar-refractivity contribution >= 4 is 17.9 Å². The van der Waals surface area contributed by atoms with E-state index in [4.69, 9.17) is 9.63 Å². The van der Waals surface area contributed by atoms with Gasteiger partial charge >= 0.3 is 6.09 Å². The van der Waals surface area contributed by atoms with Gasteiger partial charge in [0.2, 0.25) is 5.91 Å². The van der Waals surface area contributed by atoms with Gasteiger partial charge in [0.1, 0.15) is 11.8 Å². The van der Waals surface area contributed by atoms with Gasteiger partial charge in [-0.05, 0) is 44.1 Å². The summed E-state index contributed by atoms with van der Waals surface area (Å²) in [6.07, 6.45) is 2.31. The quantitative estimate of drug-likeness (QED) is 0.608. The van der Waals surface area contributed by atoms with E-state index in [0.29, 0.717) is 31.8 Å². The lowest BCUT2D eigenvalue weighted by Gasteiger charge is -2.37. The van der Waals surface area contributed by atoms with Gasteiger partial charge in [-0.1, -0.05) is 35.5 Å². The van der Waals surface area contributed by atoms with E-state index in [1.54, 1.807) is 17.9 Å². The summed E-state index contributed by atoms with van der Waals surface area (Å²) in [7, 11) is 0. The maximum absolute atomic E-state index is 12.9. The number of rotatable bonds is 7. The highest BCUT2D eigenvalue weighted by atomic mass is 16.5. The van der Waals surface area contributed by atoms with Gasteiger partial charge in [-0.3, -0.25) is 9.59 Å². The van der Waals surface area contributed by atoms with Gasteiger partial charge in [0.25, 0.3) is 5.91 Å². The normalized spacial score (nSPS) is 18.6. The van der Waals surface area contributed by atoms with Crippen LogP contribution in [0.2, 0.25) is 0 Å². The predicted octanol–water partition coefficient (Wildman–Crippen LogP) is 2.92. The highest BCUT2D eigenvalue weighted by Crippen LogP contribution is 2.40. The molecule has 2 aromatic rings. The summed E-state index contributed by atoms with van der Waals surface area (Å²) in [5.41, 5.74) is 1.28. The summed E-state index contributed by atoms with van der Waals surface area (Å²) in [4.78, 5) is 38.0. The van der Waals surface area contributed by atoms with Crippen LogP contribution in [0.15, 0.2) is 40.9 Å². The first-order chi connectivity index (χ1) is 15.4. The van der Waals surface area contributed by atoms with Crippen LogP contribution < -0.4 is 10.6 Å². The molecule has 1 saturated heterocycles. The molecule has 32 heavy (non-hydrogen) atoms. The Balaban J connectivity index is 1.43. The summed E-state index contributed by atoms with van der Waals surface area (Å²) in [6.45, 7) is 2.55. The first-order valence-electron chi connectivity index (χ1n) is 11.0. The summed E-state index contributed by atoms with van der Waals surface area (Å²) < 4.78 is 5.33. The van der Waals surface area contributed by atoms with Crippen molar-refractivity contribution in [2.75, 3.05) is 13.1 Å². The van der Waals surface area contributed by atoms with Crippen LogP contribution in [0.5, 0.6) is 0 Å². The first-order valence-corrected chi connectivity index (χ1v) is 11.0. The summed E-state index contributed by atoms with van der Waals surface area (Å²) in [5.74, 6) is 0.771. The van der Waals surface area contributed by atoms with Gasteiger partial charge in [0.05, 0.1) is 6.04 Å². The number of nitrogens with one attached hydrogen (secondary N) is 2. The predicted molar refractivity (Wildman–Crippen MR) is 115 cm³/mol. The Morgan fingerprint density at radius 3 is 2.41 bits per heavy atom. The number of aromatic nitrogens is 1. The van der Waals surface area contributed by atoms with Crippen molar-refractivity contribution in [2.45, 2.75) is 50.6 Å².